The number of benzene rings is 1. The van der Waals surface area contributed by atoms with Gasteiger partial charge >= 0.3 is 0 Å². The lowest BCUT2D eigenvalue weighted by atomic mass is 9.64. The second-order valence-electron chi connectivity index (χ2n) is 5.19. The van der Waals surface area contributed by atoms with Crippen molar-refractivity contribution in [2.45, 2.75) is 29.6 Å². The van der Waals surface area contributed by atoms with Crippen LogP contribution in [-0.2, 0) is 15.3 Å². The summed E-state index contributed by atoms with van der Waals surface area (Å²) in [6.45, 7) is 0.875. The Morgan fingerprint density at radius 3 is 2.50 bits per heavy atom. The number of rotatable bonds is 4. The number of hydrogen-bond acceptors (Lipinski definition) is 4. The molecule has 0 atom stereocenters. The first kappa shape index (κ1) is 13.4. The van der Waals surface area contributed by atoms with Gasteiger partial charge in [0.15, 0.2) is 9.84 Å². The molecule has 1 saturated carbocycles. The van der Waals surface area contributed by atoms with Crippen molar-refractivity contribution in [3.05, 3.63) is 23.8 Å². The summed E-state index contributed by atoms with van der Waals surface area (Å²) >= 11 is 0. The number of anilines is 1. The highest BCUT2D eigenvalue weighted by Gasteiger charge is 2.38. The van der Waals surface area contributed by atoms with Gasteiger partial charge in [0.25, 0.3) is 0 Å². The summed E-state index contributed by atoms with van der Waals surface area (Å²) < 4.78 is 23.4. The highest BCUT2D eigenvalue weighted by atomic mass is 32.2. The summed E-state index contributed by atoms with van der Waals surface area (Å²) in [5.74, 6) is 0. The number of nitrogens with one attached hydrogen (secondary N) is 1. The van der Waals surface area contributed by atoms with Gasteiger partial charge in [0.05, 0.1) is 10.6 Å². The minimum Gasteiger partial charge on any atom is -0.398 e. The zero-order valence-corrected chi connectivity index (χ0v) is 11.7. The maximum absolute atomic E-state index is 11.7. The van der Waals surface area contributed by atoms with Crippen molar-refractivity contribution < 1.29 is 8.42 Å². The third kappa shape index (κ3) is 2.24. The lowest BCUT2D eigenvalue weighted by Crippen LogP contribution is -2.42. The van der Waals surface area contributed by atoms with E-state index in [2.05, 4.69) is 5.32 Å². The summed E-state index contributed by atoms with van der Waals surface area (Å²) in [4.78, 5) is 0.252. The second-order valence-corrected chi connectivity index (χ2v) is 7.17. The molecule has 4 nitrogen and oxygen atoms in total. The predicted molar refractivity (Wildman–Crippen MR) is 73.4 cm³/mol. The zero-order valence-electron chi connectivity index (χ0n) is 10.9. The third-order valence-electron chi connectivity index (χ3n) is 3.85. The first-order valence-corrected chi connectivity index (χ1v) is 8.03. The molecule has 2 rings (SSSR count). The summed E-state index contributed by atoms with van der Waals surface area (Å²) in [5, 5.41) is 3.20. The normalized spacial score (nSPS) is 18.3. The molecule has 1 aliphatic rings. The third-order valence-corrected chi connectivity index (χ3v) is 5.00. The van der Waals surface area contributed by atoms with Crippen LogP contribution in [0.4, 0.5) is 5.69 Å². The zero-order chi connectivity index (χ0) is 13.4. The molecule has 0 aromatic heterocycles. The Morgan fingerprint density at radius 2 is 2.06 bits per heavy atom. The number of likely N-dealkylation sites (N-methyl/N-ethyl adjacent to an activating group) is 1. The molecule has 1 aromatic rings. The minimum atomic E-state index is -3.26. The van der Waals surface area contributed by atoms with Gasteiger partial charge in [-0.2, -0.15) is 0 Å². The smallest absolute Gasteiger partial charge is 0.177 e. The molecule has 3 N–H and O–H groups in total. The van der Waals surface area contributed by atoms with E-state index in [0.29, 0.717) is 5.69 Å². The Bertz CT molecular complexity index is 548. The molecular weight excluding hydrogens is 248 g/mol. The fourth-order valence-electron chi connectivity index (χ4n) is 2.69. The molecule has 0 spiro atoms. The largest absolute Gasteiger partial charge is 0.398 e. The van der Waals surface area contributed by atoms with E-state index in [0.717, 1.165) is 24.9 Å². The molecule has 1 aliphatic carbocycles. The van der Waals surface area contributed by atoms with E-state index in [1.807, 2.05) is 13.1 Å². The van der Waals surface area contributed by atoms with E-state index in [9.17, 15) is 8.42 Å². The van der Waals surface area contributed by atoms with Crippen LogP contribution in [-0.4, -0.2) is 28.3 Å². The van der Waals surface area contributed by atoms with Gasteiger partial charge in [0.2, 0.25) is 0 Å². The quantitative estimate of drug-likeness (QED) is 0.808. The second kappa shape index (κ2) is 4.55. The Hall–Kier alpha value is -1.07. The van der Waals surface area contributed by atoms with Crippen LogP contribution in [0.1, 0.15) is 24.8 Å². The van der Waals surface area contributed by atoms with Gasteiger partial charge in [0.1, 0.15) is 0 Å². The Morgan fingerprint density at radius 1 is 1.39 bits per heavy atom. The molecule has 18 heavy (non-hydrogen) atoms. The molecule has 0 saturated heterocycles. The summed E-state index contributed by atoms with van der Waals surface area (Å²) in [7, 11) is -1.34. The van der Waals surface area contributed by atoms with Crippen LogP contribution >= 0.6 is 0 Å². The van der Waals surface area contributed by atoms with Crippen LogP contribution in [0, 0.1) is 0 Å². The fraction of sp³-hybridized carbons (Fsp3) is 0.538. The summed E-state index contributed by atoms with van der Waals surface area (Å²) in [5.41, 5.74) is 7.26. The molecule has 0 unspecified atom stereocenters. The molecular formula is C13H20N2O2S. The van der Waals surface area contributed by atoms with Crippen molar-refractivity contribution in [3.63, 3.8) is 0 Å². The average Bonchev–Trinajstić information content (AvgIpc) is 2.23. The molecule has 0 aliphatic heterocycles. The lowest BCUT2D eigenvalue weighted by Gasteiger charge is -2.42. The molecule has 0 radical (unpaired) electrons. The van der Waals surface area contributed by atoms with E-state index >= 15 is 0 Å². The fourth-order valence-corrected chi connectivity index (χ4v) is 3.53. The molecule has 1 fully saturated rings. The maximum atomic E-state index is 11.7. The van der Waals surface area contributed by atoms with Crippen molar-refractivity contribution in [1.82, 2.24) is 5.32 Å². The van der Waals surface area contributed by atoms with E-state index in [1.54, 1.807) is 12.1 Å². The molecule has 100 valence electrons. The van der Waals surface area contributed by atoms with E-state index in [1.165, 1.54) is 12.7 Å². The maximum Gasteiger partial charge on any atom is 0.177 e. The van der Waals surface area contributed by atoms with Gasteiger partial charge in [-0.15, -0.1) is 0 Å². The van der Waals surface area contributed by atoms with Gasteiger partial charge in [-0.3, -0.25) is 0 Å². The van der Waals surface area contributed by atoms with Gasteiger partial charge in [0, 0.05) is 18.2 Å². The number of nitrogens with two attached hydrogens (primary N) is 1. The Balaban J connectivity index is 2.47. The van der Waals surface area contributed by atoms with Crippen LogP contribution in [0.2, 0.25) is 0 Å². The van der Waals surface area contributed by atoms with E-state index in [-0.39, 0.29) is 10.3 Å². The average molecular weight is 268 g/mol. The highest BCUT2D eigenvalue weighted by Crippen LogP contribution is 2.44. The standard InChI is InChI=1S/C13H20N2O2S/c1-15-9-13(6-3-7-13)10-4-5-11(14)12(8-10)18(2,16)17/h4-5,8,15H,3,6-7,9,14H2,1-2H3. The van der Waals surface area contributed by atoms with Crippen LogP contribution in [0.3, 0.4) is 0 Å². The Kier molecular flexibility index (Phi) is 3.38. The summed E-state index contributed by atoms with van der Waals surface area (Å²) in [6.07, 6.45) is 4.59. The van der Waals surface area contributed by atoms with Crippen molar-refractivity contribution in [2.24, 2.45) is 0 Å². The SMILES string of the molecule is CNCC1(c2ccc(N)c(S(C)(=O)=O)c2)CCC1. The topological polar surface area (TPSA) is 72.2 Å². The Labute approximate surface area is 108 Å². The lowest BCUT2D eigenvalue weighted by molar-refractivity contribution is 0.238. The van der Waals surface area contributed by atoms with E-state index < -0.39 is 9.84 Å². The molecule has 0 heterocycles. The van der Waals surface area contributed by atoms with Crippen molar-refractivity contribution >= 4 is 15.5 Å². The number of sulfone groups is 1. The summed E-state index contributed by atoms with van der Waals surface area (Å²) in [6, 6.07) is 5.42. The molecule has 0 amide bonds. The van der Waals surface area contributed by atoms with Crippen LogP contribution < -0.4 is 11.1 Å². The number of hydrogen-bond donors (Lipinski definition) is 2. The minimum absolute atomic E-state index is 0.0852. The molecule has 5 heteroatoms. The first-order chi connectivity index (χ1) is 8.39. The van der Waals surface area contributed by atoms with Gasteiger partial charge in [-0.25, -0.2) is 8.42 Å². The molecule has 0 bridgehead atoms. The molecule has 1 aromatic carbocycles. The van der Waals surface area contributed by atoms with Crippen molar-refractivity contribution in [3.8, 4) is 0 Å². The van der Waals surface area contributed by atoms with E-state index in [4.69, 9.17) is 5.73 Å². The van der Waals surface area contributed by atoms with Crippen LogP contribution in [0.25, 0.3) is 0 Å². The van der Waals surface area contributed by atoms with Gasteiger partial charge < -0.3 is 11.1 Å². The highest BCUT2D eigenvalue weighted by molar-refractivity contribution is 7.90. The van der Waals surface area contributed by atoms with Crippen molar-refractivity contribution in [1.29, 1.82) is 0 Å². The van der Waals surface area contributed by atoms with Gasteiger partial charge in [-0.05, 0) is 37.6 Å². The first-order valence-electron chi connectivity index (χ1n) is 6.14. The predicted octanol–water partition coefficient (Wildman–Crippen LogP) is 1.31. The monoisotopic (exact) mass is 268 g/mol. The van der Waals surface area contributed by atoms with Crippen LogP contribution in [0.15, 0.2) is 23.1 Å². The number of nitrogen functional groups attached to an aromatic ring is 1. The van der Waals surface area contributed by atoms with Crippen molar-refractivity contribution in [2.75, 3.05) is 25.6 Å². The van der Waals surface area contributed by atoms with Gasteiger partial charge in [-0.1, -0.05) is 12.5 Å². The van der Waals surface area contributed by atoms with Crippen LogP contribution in [0.5, 0.6) is 0 Å².